The van der Waals surface area contributed by atoms with Crippen LogP contribution in [-0.4, -0.2) is 32.5 Å². The SMILES string of the molecule is CC1Cc2c(ncnc2Oc2ccc3c(ccn3C)c2)CN1C. The van der Waals surface area contributed by atoms with Crippen molar-refractivity contribution in [3.05, 3.63) is 48.0 Å². The first kappa shape index (κ1) is 14.2. The number of ether oxygens (including phenoxy) is 1. The molecule has 5 nitrogen and oxygen atoms in total. The number of aromatic nitrogens is 3. The lowest BCUT2D eigenvalue weighted by molar-refractivity contribution is 0.224. The van der Waals surface area contributed by atoms with E-state index in [1.165, 1.54) is 10.9 Å². The highest BCUT2D eigenvalue weighted by molar-refractivity contribution is 5.81. The van der Waals surface area contributed by atoms with E-state index < -0.39 is 0 Å². The minimum absolute atomic E-state index is 0.465. The maximum atomic E-state index is 6.10. The second-order valence-electron chi connectivity index (χ2n) is 6.32. The summed E-state index contributed by atoms with van der Waals surface area (Å²) in [5, 5.41) is 1.17. The van der Waals surface area contributed by atoms with Crippen molar-refractivity contribution < 1.29 is 4.74 Å². The predicted molar refractivity (Wildman–Crippen MR) is 89.7 cm³/mol. The molecular formula is C18H20N4O. The van der Waals surface area contributed by atoms with Crippen molar-refractivity contribution in [2.45, 2.75) is 25.9 Å². The molecule has 3 heterocycles. The van der Waals surface area contributed by atoms with Crippen molar-refractivity contribution in [1.82, 2.24) is 19.4 Å². The molecule has 1 atom stereocenters. The number of benzene rings is 1. The lowest BCUT2D eigenvalue weighted by Gasteiger charge is -2.31. The molecule has 0 bridgehead atoms. The van der Waals surface area contributed by atoms with Gasteiger partial charge in [-0.2, -0.15) is 0 Å². The topological polar surface area (TPSA) is 43.2 Å². The molecule has 1 aliphatic rings. The maximum Gasteiger partial charge on any atom is 0.225 e. The fourth-order valence-corrected chi connectivity index (χ4v) is 3.14. The monoisotopic (exact) mass is 308 g/mol. The average Bonchev–Trinajstić information content (AvgIpc) is 2.90. The molecule has 0 N–H and O–H groups in total. The van der Waals surface area contributed by atoms with Crippen LogP contribution >= 0.6 is 0 Å². The van der Waals surface area contributed by atoms with Gasteiger partial charge in [0.2, 0.25) is 5.88 Å². The van der Waals surface area contributed by atoms with E-state index in [-0.39, 0.29) is 0 Å². The Morgan fingerprint density at radius 1 is 1.17 bits per heavy atom. The highest BCUT2D eigenvalue weighted by atomic mass is 16.5. The van der Waals surface area contributed by atoms with Gasteiger partial charge in [-0.05, 0) is 44.7 Å². The Hall–Kier alpha value is -2.40. The fourth-order valence-electron chi connectivity index (χ4n) is 3.14. The van der Waals surface area contributed by atoms with Crippen molar-refractivity contribution in [2.75, 3.05) is 7.05 Å². The molecule has 0 radical (unpaired) electrons. The number of hydrogen-bond acceptors (Lipinski definition) is 4. The number of nitrogens with zero attached hydrogens (tertiary/aromatic N) is 4. The van der Waals surface area contributed by atoms with Gasteiger partial charge < -0.3 is 9.30 Å². The summed E-state index contributed by atoms with van der Waals surface area (Å²) < 4.78 is 8.20. The summed E-state index contributed by atoms with van der Waals surface area (Å²) in [6.45, 7) is 3.06. The summed E-state index contributed by atoms with van der Waals surface area (Å²) in [7, 11) is 4.17. The average molecular weight is 308 g/mol. The Morgan fingerprint density at radius 3 is 2.91 bits per heavy atom. The van der Waals surface area contributed by atoms with Crippen LogP contribution in [-0.2, 0) is 20.0 Å². The second-order valence-corrected chi connectivity index (χ2v) is 6.32. The lowest BCUT2D eigenvalue weighted by atomic mass is 10.0. The molecule has 0 saturated carbocycles. The third-order valence-corrected chi connectivity index (χ3v) is 4.72. The first-order chi connectivity index (χ1) is 11.1. The van der Waals surface area contributed by atoms with Crippen LogP contribution in [0.25, 0.3) is 10.9 Å². The minimum Gasteiger partial charge on any atom is -0.439 e. The number of rotatable bonds is 2. The molecule has 1 aromatic carbocycles. The summed E-state index contributed by atoms with van der Waals surface area (Å²) in [4.78, 5) is 11.1. The van der Waals surface area contributed by atoms with Crippen molar-refractivity contribution in [3.63, 3.8) is 0 Å². The summed E-state index contributed by atoms with van der Waals surface area (Å²) in [5.74, 6) is 1.50. The van der Waals surface area contributed by atoms with Gasteiger partial charge in [0.25, 0.3) is 0 Å². The van der Waals surface area contributed by atoms with Crippen LogP contribution in [0.1, 0.15) is 18.2 Å². The zero-order valence-electron chi connectivity index (χ0n) is 13.7. The van der Waals surface area contributed by atoms with E-state index in [1.54, 1.807) is 6.33 Å². The fraction of sp³-hybridized carbons (Fsp3) is 0.333. The number of likely N-dealkylation sites (N-methyl/N-ethyl adjacent to an activating group) is 1. The van der Waals surface area contributed by atoms with E-state index in [9.17, 15) is 0 Å². The molecule has 4 rings (SSSR count). The Labute approximate surface area is 135 Å². The highest BCUT2D eigenvalue weighted by Gasteiger charge is 2.24. The number of fused-ring (bicyclic) bond motifs is 2. The Bertz CT molecular complexity index is 871. The number of aryl methyl sites for hydroxylation is 1. The largest absolute Gasteiger partial charge is 0.439 e. The molecule has 0 spiro atoms. The molecule has 0 aliphatic carbocycles. The molecule has 0 saturated heterocycles. The van der Waals surface area contributed by atoms with Gasteiger partial charge in [-0.1, -0.05) is 0 Å². The van der Waals surface area contributed by atoms with Gasteiger partial charge in [-0.25, -0.2) is 9.97 Å². The van der Waals surface area contributed by atoms with E-state index in [1.807, 2.05) is 13.1 Å². The maximum absolute atomic E-state index is 6.10. The van der Waals surface area contributed by atoms with E-state index in [4.69, 9.17) is 4.74 Å². The predicted octanol–water partition coefficient (Wildman–Crippen LogP) is 3.14. The minimum atomic E-state index is 0.465. The Kier molecular flexibility index (Phi) is 3.31. The van der Waals surface area contributed by atoms with E-state index in [0.29, 0.717) is 11.9 Å². The smallest absolute Gasteiger partial charge is 0.225 e. The normalized spacial score (nSPS) is 18.1. The molecular weight excluding hydrogens is 288 g/mol. The van der Waals surface area contributed by atoms with Gasteiger partial charge in [0.15, 0.2) is 0 Å². The molecule has 23 heavy (non-hydrogen) atoms. The summed E-state index contributed by atoms with van der Waals surface area (Å²) in [6, 6.07) is 8.69. The van der Waals surface area contributed by atoms with E-state index in [0.717, 1.165) is 30.0 Å². The lowest BCUT2D eigenvalue weighted by Crippen LogP contribution is -2.35. The van der Waals surface area contributed by atoms with Crippen LogP contribution in [0.2, 0.25) is 0 Å². The molecule has 118 valence electrons. The molecule has 3 aromatic rings. The van der Waals surface area contributed by atoms with Gasteiger partial charge in [0, 0.05) is 42.3 Å². The van der Waals surface area contributed by atoms with E-state index in [2.05, 4.69) is 57.8 Å². The van der Waals surface area contributed by atoms with Crippen molar-refractivity contribution in [3.8, 4) is 11.6 Å². The van der Waals surface area contributed by atoms with Crippen LogP contribution in [0.4, 0.5) is 0 Å². The summed E-state index contributed by atoms with van der Waals surface area (Å²) >= 11 is 0. The van der Waals surface area contributed by atoms with Crippen LogP contribution in [0.5, 0.6) is 11.6 Å². The van der Waals surface area contributed by atoms with Crippen molar-refractivity contribution in [2.24, 2.45) is 7.05 Å². The third-order valence-electron chi connectivity index (χ3n) is 4.72. The summed E-state index contributed by atoms with van der Waals surface area (Å²) in [5.41, 5.74) is 3.39. The van der Waals surface area contributed by atoms with Gasteiger partial charge in [0.05, 0.1) is 5.69 Å². The van der Waals surface area contributed by atoms with Crippen LogP contribution in [0.3, 0.4) is 0 Å². The molecule has 1 unspecified atom stereocenters. The highest BCUT2D eigenvalue weighted by Crippen LogP contribution is 2.31. The molecule has 0 fully saturated rings. The Morgan fingerprint density at radius 2 is 2.04 bits per heavy atom. The van der Waals surface area contributed by atoms with Gasteiger partial charge >= 0.3 is 0 Å². The van der Waals surface area contributed by atoms with Gasteiger partial charge in [-0.15, -0.1) is 0 Å². The number of hydrogen-bond donors (Lipinski definition) is 0. The van der Waals surface area contributed by atoms with Crippen molar-refractivity contribution in [1.29, 1.82) is 0 Å². The zero-order valence-corrected chi connectivity index (χ0v) is 13.7. The molecule has 0 amide bonds. The van der Waals surface area contributed by atoms with Crippen LogP contribution < -0.4 is 4.74 Å². The third kappa shape index (κ3) is 2.47. The van der Waals surface area contributed by atoms with Crippen LogP contribution in [0, 0.1) is 0 Å². The Balaban J connectivity index is 1.69. The zero-order chi connectivity index (χ0) is 16.0. The van der Waals surface area contributed by atoms with Crippen LogP contribution in [0.15, 0.2) is 36.8 Å². The van der Waals surface area contributed by atoms with Crippen molar-refractivity contribution >= 4 is 10.9 Å². The molecule has 5 heteroatoms. The van der Waals surface area contributed by atoms with Gasteiger partial charge in [-0.3, -0.25) is 4.90 Å². The standard InChI is InChI=1S/C18H20N4O/c1-12-8-15-16(10-22(12)3)19-11-20-18(15)23-14-4-5-17-13(9-14)6-7-21(17)2/h4-7,9,11-12H,8,10H2,1-3H3. The van der Waals surface area contributed by atoms with E-state index >= 15 is 0 Å². The summed E-state index contributed by atoms with van der Waals surface area (Å²) in [6.07, 6.45) is 4.56. The molecule has 1 aliphatic heterocycles. The first-order valence-corrected chi connectivity index (χ1v) is 7.88. The van der Waals surface area contributed by atoms with Gasteiger partial charge in [0.1, 0.15) is 12.1 Å². The first-order valence-electron chi connectivity index (χ1n) is 7.88. The molecule has 2 aromatic heterocycles. The second kappa shape index (κ2) is 5.35. The quantitative estimate of drug-likeness (QED) is 0.729.